The summed E-state index contributed by atoms with van der Waals surface area (Å²) in [5, 5.41) is 9.70. The molecular weight excluding hydrogens is 350 g/mol. The number of aromatic carboxylic acids is 1. The highest BCUT2D eigenvalue weighted by Crippen LogP contribution is 2.28. The molecule has 0 radical (unpaired) electrons. The molecule has 7 heteroatoms. The van der Waals surface area contributed by atoms with Gasteiger partial charge in [0.25, 0.3) is 0 Å². The van der Waals surface area contributed by atoms with Crippen LogP contribution in [0.2, 0.25) is 0 Å². The molecule has 0 saturated carbocycles. The summed E-state index contributed by atoms with van der Waals surface area (Å²) in [5.74, 6) is -2.06. The molecule has 2 heterocycles. The SMILES string of the molecule is CCCc1c2oc(C(=O)O)cc(=O)c2cc2c(=O)cc(C(C)=O)n(CC)c12. The van der Waals surface area contributed by atoms with Gasteiger partial charge < -0.3 is 14.1 Å². The first-order valence-corrected chi connectivity index (χ1v) is 8.71. The third kappa shape index (κ3) is 2.95. The molecule has 1 N–H and O–H groups in total. The summed E-state index contributed by atoms with van der Waals surface area (Å²) in [4.78, 5) is 48.5. The van der Waals surface area contributed by atoms with E-state index >= 15 is 0 Å². The number of hydrogen-bond donors (Lipinski definition) is 1. The lowest BCUT2D eigenvalue weighted by Gasteiger charge is -2.18. The Hall–Kier alpha value is -3.22. The monoisotopic (exact) mass is 369 g/mol. The summed E-state index contributed by atoms with van der Waals surface area (Å²) < 4.78 is 7.25. The van der Waals surface area contributed by atoms with E-state index in [1.807, 2.05) is 13.8 Å². The van der Waals surface area contributed by atoms with Gasteiger partial charge in [-0.3, -0.25) is 14.4 Å². The van der Waals surface area contributed by atoms with Crippen LogP contribution in [0.1, 0.15) is 53.8 Å². The fourth-order valence-corrected chi connectivity index (χ4v) is 3.45. The molecule has 3 rings (SSSR count). The van der Waals surface area contributed by atoms with Crippen LogP contribution >= 0.6 is 0 Å². The molecule has 0 fully saturated rings. The number of pyridine rings is 1. The lowest BCUT2D eigenvalue weighted by Crippen LogP contribution is -2.19. The Kier molecular flexibility index (Phi) is 4.70. The van der Waals surface area contributed by atoms with E-state index in [-0.39, 0.29) is 27.9 Å². The zero-order valence-corrected chi connectivity index (χ0v) is 15.3. The quantitative estimate of drug-likeness (QED) is 0.547. The minimum absolute atomic E-state index is 0.150. The average Bonchev–Trinajstić information content (AvgIpc) is 2.62. The van der Waals surface area contributed by atoms with E-state index < -0.39 is 17.2 Å². The van der Waals surface area contributed by atoms with E-state index in [1.165, 1.54) is 19.1 Å². The van der Waals surface area contributed by atoms with Gasteiger partial charge in [0.05, 0.1) is 16.6 Å². The second kappa shape index (κ2) is 6.83. The fourth-order valence-electron chi connectivity index (χ4n) is 3.45. The highest BCUT2D eigenvalue weighted by atomic mass is 16.4. The molecule has 0 aliphatic rings. The molecule has 0 atom stereocenters. The number of aromatic nitrogens is 1. The summed E-state index contributed by atoms with van der Waals surface area (Å²) in [6.45, 7) is 5.58. The Morgan fingerprint density at radius 2 is 1.74 bits per heavy atom. The largest absolute Gasteiger partial charge is 0.475 e. The number of fused-ring (bicyclic) bond motifs is 2. The van der Waals surface area contributed by atoms with Gasteiger partial charge in [-0.25, -0.2) is 4.79 Å². The van der Waals surface area contributed by atoms with Crippen LogP contribution in [0.4, 0.5) is 0 Å². The lowest BCUT2D eigenvalue weighted by molar-refractivity contribution is 0.0662. The van der Waals surface area contributed by atoms with E-state index in [0.29, 0.717) is 35.9 Å². The number of hydrogen-bond acceptors (Lipinski definition) is 5. The standard InChI is InChI=1S/C20H19NO6/c1-4-6-11-18-12(15(23)8-14(10(3)22)21(18)5-2)7-13-16(24)9-17(20(25)26)27-19(11)13/h7-9H,4-6H2,1-3H3,(H,25,26). The lowest BCUT2D eigenvalue weighted by atomic mass is 9.99. The van der Waals surface area contributed by atoms with Gasteiger partial charge in [-0.05, 0) is 19.4 Å². The van der Waals surface area contributed by atoms with Crippen molar-refractivity contribution in [3.05, 3.63) is 55.7 Å². The zero-order valence-electron chi connectivity index (χ0n) is 15.3. The number of Topliss-reactive ketones (excluding diaryl/α,β-unsaturated/α-hetero) is 1. The molecule has 3 aromatic rings. The number of ketones is 1. The summed E-state index contributed by atoms with van der Waals surface area (Å²) in [5.41, 5.74) is 0.606. The molecule has 7 nitrogen and oxygen atoms in total. The Bertz CT molecular complexity index is 1220. The topological polar surface area (TPSA) is 107 Å². The van der Waals surface area contributed by atoms with Crippen LogP contribution in [-0.2, 0) is 13.0 Å². The van der Waals surface area contributed by atoms with Crippen molar-refractivity contribution in [2.24, 2.45) is 0 Å². The normalized spacial score (nSPS) is 11.2. The van der Waals surface area contributed by atoms with Crippen LogP contribution in [0.15, 0.2) is 32.2 Å². The van der Waals surface area contributed by atoms with Gasteiger partial charge >= 0.3 is 5.97 Å². The molecule has 0 saturated heterocycles. The van der Waals surface area contributed by atoms with Crippen molar-refractivity contribution in [2.45, 2.75) is 40.2 Å². The zero-order chi connectivity index (χ0) is 19.9. The van der Waals surface area contributed by atoms with Crippen molar-refractivity contribution in [3.8, 4) is 0 Å². The van der Waals surface area contributed by atoms with Crippen LogP contribution in [0.5, 0.6) is 0 Å². The molecule has 0 spiro atoms. The summed E-state index contributed by atoms with van der Waals surface area (Å²) in [6, 6.07) is 3.62. The molecule has 0 unspecified atom stereocenters. The second-order valence-electron chi connectivity index (χ2n) is 6.35. The highest BCUT2D eigenvalue weighted by Gasteiger charge is 2.21. The Morgan fingerprint density at radius 3 is 2.30 bits per heavy atom. The maximum atomic E-state index is 12.7. The van der Waals surface area contributed by atoms with Crippen molar-refractivity contribution in [1.29, 1.82) is 0 Å². The first-order valence-electron chi connectivity index (χ1n) is 8.71. The minimum Gasteiger partial charge on any atom is -0.475 e. The molecule has 1 aromatic carbocycles. The fraction of sp³-hybridized carbons (Fsp3) is 0.300. The predicted molar refractivity (Wildman–Crippen MR) is 101 cm³/mol. The average molecular weight is 369 g/mol. The van der Waals surface area contributed by atoms with E-state index in [2.05, 4.69) is 0 Å². The van der Waals surface area contributed by atoms with Crippen LogP contribution in [0, 0.1) is 0 Å². The predicted octanol–water partition coefficient (Wildman–Crippen LogP) is 2.98. The van der Waals surface area contributed by atoms with E-state index in [9.17, 15) is 24.3 Å². The summed E-state index contributed by atoms with van der Waals surface area (Å²) in [6.07, 6.45) is 1.14. The van der Waals surface area contributed by atoms with Gasteiger partial charge in [0.15, 0.2) is 16.6 Å². The van der Waals surface area contributed by atoms with Crippen LogP contribution < -0.4 is 10.9 Å². The van der Waals surface area contributed by atoms with Crippen molar-refractivity contribution in [3.63, 3.8) is 0 Å². The summed E-state index contributed by atoms with van der Waals surface area (Å²) in [7, 11) is 0. The number of carboxylic acids is 1. The maximum absolute atomic E-state index is 12.7. The molecule has 140 valence electrons. The van der Waals surface area contributed by atoms with Gasteiger partial charge in [-0.1, -0.05) is 13.3 Å². The van der Waals surface area contributed by atoms with Crippen molar-refractivity contribution in [2.75, 3.05) is 0 Å². The Labute approximate surface area is 153 Å². The molecule has 0 aliphatic carbocycles. The van der Waals surface area contributed by atoms with Crippen LogP contribution in [0.3, 0.4) is 0 Å². The van der Waals surface area contributed by atoms with E-state index in [0.717, 1.165) is 6.07 Å². The smallest absolute Gasteiger partial charge is 0.371 e. The summed E-state index contributed by atoms with van der Waals surface area (Å²) >= 11 is 0. The molecule has 27 heavy (non-hydrogen) atoms. The van der Waals surface area contributed by atoms with E-state index in [1.54, 1.807) is 4.57 Å². The van der Waals surface area contributed by atoms with E-state index in [4.69, 9.17) is 4.42 Å². The Balaban J connectivity index is 2.66. The Morgan fingerprint density at radius 1 is 1.07 bits per heavy atom. The molecule has 0 amide bonds. The molecule has 0 bridgehead atoms. The van der Waals surface area contributed by atoms with Gasteiger partial charge in [0, 0.05) is 36.6 Å². The van der Waals surface area contributed by atoms with Gasteiger partial charge in [-0.2, -0.15) is 0 Å². The minimum atomic E-state index is -1.35. The van der Waals surface area contributed by atoms with Crippen molar-refractivity contribution >= 4 is 33.6 Å². The third-order valence-electron chi connectivity index (χ3n) is 4.57. The molecule has 2 aromatic heterocycles. The highest BCUT2D eigenvalue weighted by molar-refractivity contribution is 6.02. The van der Waals surface area contributed by atoms with Gasteiger partial charge in [0.1, 0.15) is 5.58 Å². The van der Waals surface area contributed by atoms with Crippen LogP contribution in [-0.4, -0.2) is 21.4 Å². The maximum Gasteiger partial charge on any atom is 0.371 e. The van der Waals surface area contributed by atoms with Crippen molar-refractivity contribution < 1.29 is 19.1 Å². The first kappa shape index (κ1) is 18.6. The first-order chi connectivity index (χ1) is 12.8. The number of rotatable bonds is 5. The number of nitrogens with zero attached hydrogens (tertiary/aromatic N) is 1. The number of carbonyl (C=O) groups excluding carboxylic acids is 1. The van der Waals surface area contributed by atoms with Crippen molar-refractivity contribution in [1.82, 2.24) is 4.57 Å². The number of carboxylic acid groups (broad SMARTS) is 1. The van der Waals surface area contributed by atoms with Crippen LogP contribution in [0.25, 0.3) is 21.9 Å². The van der Waals surface area contributed by atoms with Gasteiger partial charge in [-0.15, -0.1) is 0 Å². The third-order valence-corrected chi connectivity index (χ3v) is 4.57. The second-order valence-corrected chi connectivity index (χ2v) is 6.35. The molecule has 0 aliphatic heterocycles. The number of carbonyl (C=O) groups is 2. The number of benzene rings is 1. The molecular formula is C20H19NO6. The van der Waals surface area contributed by atoms with Gasteiger partial charge in [0.2, 0.25) is 5.76 Å². The number of aryl methyl sites for hydroxylation is 2.